The minimum atomic E-state index is -1.40. The first kappa shape index (κ1) is 15.8. The van der Waals surface area contributed by atoms with Crippen molar-refractivity contribution in [3.8, 4) is 0 Å². The maximum absolute atomic E-state index is 11.0. The Labute approximate surface area is 115 Å². The molecule has 8 nitrogen and oxygen atoms in total. The zero-order chi connectivity index (χ0) is 15.3. The quantitative estimate of drug-likeness (QED) is 0.513. The van der Waals surface area contributed by atoms with Crippen molar-refractivity contribution in [2.24, 2.45) is 0 Å². The van der Waals surface area contributed by atoms with Crippen LogP contribution in [0.4, 0.5) is 11.5 Å². The second kappa shape index (κ2) is 6.29. The summed E-state index contributed by atoms with van der Waals surface area (Å²) in [4.78, 5) is 24.7. The molecule has 1 aromatic rings. The molecule has 1 aromatic heterocycles. The number of hydrogen-bond acceptors (Lipinski definition) is 6. The fourth-order valence-electron chi connectivity index (χ4n) is 1.62. The molecule has 0 radical (unpaired) electrons. The van der Waals surface area contributed by atoms with Gasteiger partial charge in [0, 0.05) is 12.6 Å². The van der Waals surface area contributed by atoms with Crippen molar-refractivity contribution in [2.75, 3.05) is 11.9 Å². The summed E-state index contributed by atoms with van der Waals surface area (Å²) in [5.41, 5.74) is -1.93. The number of aliphatic hydroxyl groups is 1. The molecule has 110 valence electrons. The van der Waals surface area contributed by atoms with Gasteiger partial charge in [0.15, 0.2) is 0 Å². The number of carboxylic acid groups (broad SMARTS) is 1. The van der Waals surface area contributed by atoms with E-state index in [1.165, 1.54) is 0 Å². The highest BCUT2D eigenvalue weighted by atomic mass is 16.6. The second-order valence-corrected chi connectivity index (χ2v) is 4.43. The lowest BCUT2D eigenvalue weighted by Crippen LogP contribution is -2.35. The van der Waals surface area contributed by atoms with E-state index in [1.807, 2.05) is 13.8 Å². The minimum Gasteiger partial charge on any atom is -0.477 e. The third-order valence-corrected chi connectivity index (χ3v) is 3.22. The number of pyridine rings is 1. The fourth-order valence-corrected chi connectivity index (χ4v) is 1.62. The molecule has 1 rings (SSSR count). The van der Waals surface area contributed by atoms with E-state index in [0.717, 1.165) is 12.3 Å². The van der Waals surface area contributed by atoms with Gasteiger partial charge in [-0.3, -0.25) is 10.1 Å². The fraction of sp³-hybridized carbons (Fsp3) is 0.500. The van der Waals surface area contributed by atoms with Gasteiger partial charge in [-0.2, -0.15) is 0 Å². The van der Waals surface area contributed by atoms with E-state index in [-0.39, 0.29) is 12.4 Å². The van der Waals surface area contributed by atoms with Crippen LogP contribution < -0.4 is 5.32 Å². The molecule has 0 aliphatic heterocycles. The third kappa shape index (κ3) is 3.64. The lowest BCUT2D eigenvalue weighted by molar-refractivity contribution is -0.385. The summed E-state index contributed by atoms with van der Waals surface area (Å²) in [6.45, 7) is 3.85. The van der Waals surface area contributed by atoms with Crippen molar-refractivity contribution in [3.05, 3.63) is 27.9 Å². The van der Waals surface area contributed by atoms with E-state index in [9.17, 15) is 20.0 Å². The maximum Gasteiger partial charge on any atom is 0.342 e. The topological polar surface area (TPSA) is 126 Å². The molecule has 0 aliphatic carbocycles. The summed E-state index contributed by atoms with van der Waals surface area (Å²) in [5, 5.41) is 32.5. The number of nitrogens with one attached hydrogen (secondary N) is 1. The molecule has 0 fully saturated rings. The van der Waals surface area contributed by atoms with Gasteiger partial charge in [0.25, 0.3) is 0 Å². The number of hydrogen-bond donors (Lipinski definition) is 3. The molecule has 0 saturated carbocycles. The smallest absolute Gasteiger partial charge is 0.342 e. The molecule has 0 saturated heterocycles. The number of carbonyl (C=O) groups is 1. The number of rotatable bonds is 7. The Morgan fingerprint density at radius 3 is 2.55 bits per heavy atom. The maximum atomic E-state index is 11.0. The van der Waals surface area contributed by atoms with Gasteiger partial charge >= 0.3 is 11.7 Å². The summed E-state index contributed by atoms with van der Waals surface area (Å²) in [6, 6.07) is 1.09. The van der Waals surface area contributed by atoms with Crippen molar-refractivity contribution in [2.45, 2.75) is 32.3 Å². The molecule has 0 unspecified atom stereocenters. The lowest BCUT2D eigenvalue weighted by atomic mass is 9.98. The van der Waals surface area contributed by atoms with Crippen molar-refractivity contribution in [1.82, 2.24) is 4.98 Å². The van der Waals surface area contributed by atoms with Crippen LogP contribution in [0.3, 0.4) is 0 Å². The Morgan fingerprint density at radius 1 is 1.50 bits per heavy atom. The molecule has 0 spiro atoms. The Kier molecular flexibility index (Phi) is 4.98. The average molecular weight is 283 g/mol. The first-order valence-corrected chi connectivity index (χ1v) is 6.17. The highest BCUT2D eigenvalue weighted by Crippen LogP contribution is 2.21. The number of nitrogens with zero attached hydrogens (tertiary/aromatic N) is 2. The van der Waals surface area contributed by atoms with Gasteiger partial charge in [0.1, 0.15) is 17.6 Å². The number of aromatic carboxylic acids is 1. The normalized spacial score (nSPS) is 11.2. The summed E-state index contributed by atoms with van der Waals surface area (Å²) in [5.74, 6) is -1.23. The predicted octanol–water partition coefficient (Wildman–Crippen LogP) is 1.65. The molecular weight excluding hydrogens is 266 g/mol. The van der Waals surface area contributed by atoms with Crippen LogP contribution in [0.25, 0.3) is 0 Å². The Hall–Kier alpha value is -2.22. The van der Waals surface area contributed by atoms with Gasteiger partial charge in [0.05, 0.1) is 10.5 Å². The highest BCUT2D eigenvalue weighted by molar-refractivity contribution is 5.93. The van der Waals surface area contributed by atoms with Crippen molar-refractivity contribution >= 4 is 17.5 Å². The number of carboxylic acids is 1. The summed E-state index contributed by atoms with van der Waals surface area (Å²) < 4.78 is 0. The van der Waals surface area contributed by atoms with Crippen LogP contribution in [-0.2, 0) is 0 Å². The van der Waals surface area contributed by atoms with Crippen molar-refractivity contribution in [3.63, 3.8) is 0 Å². The number of nitro groups is 1. The number of anilines is 1. The van der Waals surface area contributed by atoms with E-state index in [1.54, 1.807) is 0 Å². The van der Waals surface area contributed by atoms with Gasteiger partial charge < -0.3 is 15.5 Å². The molecule has 0 bridgehead atoms. The summed E-state index contributed by atoms with van der Waals surface area (Å²) in [6.07, 6.45) is 1.94. The molecule has 3 N–H and O–H groups in total. The first-order valence-electron chi connectivity index (χ1n) is 6.17. The van der Waals surface area contributed by atoms with Crippen molar-refractivity contribution in [1.29, 1.82) is 0 Å². The molecule has 0 aliphatic rings. The highest BCUT2D eigenvalue weighted by Gasteiger charge is 2.24. The summed E-state index contributed by atoms with van der Waals surface area (Å²) >= 11 is 0. The van der Waals surface area contributed by atoms with E-state index in [2.05, 4.69) is 10.3 Å². The Morgan fingerprint density at radius 2 is 2.10 bits per heavy atom. The SMILES string of the molecule is CCC(O)(CC)CNc1cc(C(=O)O)c([N+](=O)[O-])cn1. The lowest BCUT2D eigenvalue weighted by Gasteiger charge is -2.25. The van der Waals surface area contributed by atoms with Crippen LogP contribution in [0.2, 0.25) is 0 Å². The van der Waals surface area contributed by atoms with Crippen LogP contribution in [0.5, 0.6) is 0 Å². The first-order chi connectivity index (χ1) is 9.33. The molecule has 0 aromatic carbocycles. The second-order valence-electron chi connectivity index (χ2n) is 4.43. The Bertz CT molecular complexity index is 514. The largest absolute Gasteiger partial charge is 0.477 e. The van der Waals surface area contributed by atoms with Gasteiger partial charge in [-0.05, 0) is 12.8 Å². The van der Waals surface area contributed by atoms with Crippen LogP contribution in [0.1, 0.15) is 37.0 Å². The molecule has 20 heavy (non-hydrogen) atoms. The molecular formula is C12H17N3O5. The standard InChI is InChI=1S/C12H17N3O5/c1-3-12(18,4-2)7-14-10-5-8(11(16)17)9(6-13-10)15(19)20/h5-6,18H,3-4,7H2,1-2H3,(H,13,14)(H,16,17). The van der Waals surface area contributed by atoms with Gasteiger partial charge in [-0.15, -0.1) is 0 Å². The van der Waals surface area contributed by atoms with Crippen molar-refractivity contribution < 1.29 is 19.9 Å². The predicted molar refractivity (Wildman–Crippen MR) is 71.9 cm³/mol. The van der Waals surface area contributed by atoms with E-state index in [4.69, 9.17) is 5.11 Å². The monoisotopic (exact) mass is 283 g/mol. The van der Waals surface area contributed by atoms with Crippen LogP contribution in [0, 0.1) is 10.1 Å². The van der Waals surface area contributed by atoms with Crippen LogP contribution >= 0.6 is 0 Å². The average Bonchev–Trinajstić information content (AvgIpc) is 2.44. The zero-order valence-corrected chi connectivity index (χ0v) is 11.3. The van der Waals surface area contributed by atoms with E-state index in [0.29, 0.717) is 12.8 Å². The minimum absolute atomic E-state index is 0.174. The zero-order valence-electron chi connectivity index (χ0n) is 11.3. The van der Waals surface area contributed by atoms with Crippen LogP contribution in [-0.4, -0.2) is 38.2 Å². The molecule has 1 heterocycles. The van der Waals surface area contributed by atoms with E-state index < -0.39 is 27.7 Å². The van der Waals surface area contributed by atoms with E-state index >= 15 is 0 Å². The van der Waals surface area contributed by atoms with Crippen LogP contribution in [0.15, 0.2) is 12.3 Å². The Balaban J connectivity index is 2.96. The summed E-state index contributed by atoms with van der Waals surface area (Å²) in [7, 11) is 0. The van der Waals surface area contributed by atoms with Gasteiger partial charge in [-0.1, -0.05) is 13.8 Å². The molecule has 0 amide bonds. The van der Waals surface area contributed by atoms with Gasteiger partial charge in [0.2, 0.25) is 0 Å². The third-order valence-electron chi connectivity index (χ3n) is 3.22. The number of aromatic nitrogens is 1. The molecule has 8 heteroatoms. The molecule has 0 atom stereocenters. The van der Waals surface area contributed by atoms with Gasteiger partial charge in [-0.25, -0.2) is 9.78 Å².